The molecular weight excluding hydrogens is 294 g/mol. The van der Waals surface area contributed by atoms with Crippen LogP contribution in [0.5, 0.6) is 0 Å². The first-order valence-electron chi connectivity index (χ1n) is 6.61. The number of ketones is 1. The summed E-state index contributed by atoms with van der Waals surface area (Å²) in [6, 6.07) is 0. The minimum absolute atomic E-state index is 0.163. The zero-order valence-electron chi connectivity index (χ0n) is 10.8. The molecule has 1 aliphatic carbocycles. The van der Waals surface area contributed by atoms with Crippen LogP contribution in [0.2, 0.25) is 0 Å². The molecule has 1 saturated carbocycles. The standard InChI is InChI=1S/C13H20BrN3O/c1-2-17-11(10(14)8-16-17)12(18)13(9-15)6-4-3-5-7-13/h8H,2-7,9,15H2,1H3. The Morgan fingerprint density at radius 2 is 2.17 bits per heavy atom. The van der Waals surface area contributed by atoms with Gasteiger partial charge in [0.15, 0.2) is 5.78 Å². The van der Waals surface area contributed by atoms with Crippen LogP contribution in [0, 0.1) is 5.41 Å². The first kappa shape index (κ1) is 13.7. The van der Waals surface area contributed by atoms with E-state index in [1.165, 1.54) is 6.42 Å². The highest BCUT2D eigenvalue weighted by Crippen LogP contribution is 2.39. The smallest absolute Gasteiger partial charge is 0.189 e. The lowest BCUT2D eigenvalue weighted by molar-refractivity contribution is 0.0716. The number of carbonyl (C=O) groups is 1. The van der Waals surface area contributed by atoms with Gasteiger partial charge in [0.2, 0.25) is 0 Å². The number of hydrogen-bond acceptors (Lipinski definition) is 3. The summed E-state index contributed by atoms with van der Waals surface area (Å²) in [5.74, 6) is 0.163. The van der Waals surface area contributed by atoms with Crippen LogP contribution >= 0.6 is 15.9 Å². The van der Waals surface area contributed by atoms with Gasteiger partial charge < -0.3 is 5.73 Å². The van der Waals surface area contributed by atoms with Crippen LogP contribution < -0.4 is 5.73 Å². The monoisotopic (exact) mass is 313 g/mol. The molecule has 0 bridgehead atoms. The Labute approximate surface area is 116 Å². The molecule has 1 heterocycles. The number of hydrogen-bond donors (Lipinski definition) is 1. The van der Waals surface area contributed by atoms with Crippen molar-refractivity contribution in [2.75, 3.05) is 6.54 Å². The molecule has 4 nitrogen and oxygen atoms in total. The Morgan fingerprint density at radius 3 is 2.72 bits per heavy atom. The van der Waals surface area contributed by atoms with Gasteiger partial charge in [0.05, 0.1) is 10.7 Å². The van der Waals surface area contributed by atoms with Crippen molar-refractivity contribution < 1.29 is 4.79 Å². The third-order valence-corrected chi connectivity index (χ3v) is 4.57. The van der Waals surface area contributed by atoms with Gasteiger partial charge in [0, 0.05) is 18.5 Å². The summed E-state index contributed by atoms with van der Waals surface area (Å²) in [5, 5.41) is 4.22. The minimum atomic E-state index is -0.367. The summed E-state index contributed by atoms with van der Waals surface area (Å²) in [4.78, 5) is 12.8. The van der Waals surface area contributed by atoms with Gasteiger partial charge in [-0.05, 0) is 35.7 Å². The molecule has 1 fully saturated rings. The molecule has 0 spiro atoms. The summed E-state index contributed by atoms with van der Waals surface area (Å²) < 4.78 is 2.55. The second-order valence-electron chi connectivity index (χ2n) is 5.03. The molecule has 2 rings (SSSR count). The van der Waals surface area contributed by atoms with Crippen LogP contribution in [0.25, 0.3) is 0 Å². The Kier molecular flexibility index (Phi) is 4.22. The number of carbonyl (C=O) groups excluding carboxylic acids is 1. The SMILES string of the molecule is CCn1ncc(Br)c1C(=O)C1(CN)CCCCC1. The molecule has 18 heavy (non-hydrogen) atoms. The maximum absolute atomic E-state index is 12.8. The Hall–Kier alpha value is -0.680. The zero-order valence-corrected chi connectivity index (χ0v) is 12.4. The molecule has 1 aromatic heterocycles. The van der Waals surface area contributed by atoms with E-state index in [4.69, 9.17) is 5.73 Å². The Morgan fingerprint density at radius 1 is 1.50 bits per heavy atom. The van der Waals surface area contributed by atoms with Crippen molar-refractivity contribution in [3.63, 3.8) is 0 Å². The largest absolute Gasteiger partial charge is 0.329 e. The molecule has 0 radical (unpaired) electrons. The second-order valence-corrected chi connectivity index (χ2v) is 5.89. The summed E-state index contributed by atoms with van der Waals surface area (Å²) in [6.07, 6.45) is 6.92. The molecule has 2 N–H and O–H groups in total. The molecule has 0 saturated heterocycles. The van der Waals surface area contributed by atoms with Crippen LogP contribution in [-0.4, -0.2) is 22.1 Å². The highest BCUT2D eigenvalue weighted by molar-refractivity contribution is 9.10. The summed E-state index contributed by atoms with van der Waals surface area (Å²) in [6.45, 7) is 3.13. The zero-order chi connectivity index (χ0) is 13.2. The molecule has 1 aliphatic rings. The van der Waals surface area contributed by atoms with Crippen molar-refractivity contribution >= 4 is 21.7 Å². The van der Waals surface area contributed by atoms with E-state index in [0.717, 1.165) is 30.2 Å². The fourth-order valence-corrected chi connectivity index (χ4v) is 3.31. The lowest BCUT2D eigenvalue weighted by atomic mass is 9.70. The maximum atomic E-state index is 12.8. The molecule has 0 atom stereocenters. The molecule has 5 heteroatoms. The first-order chi connectivity index (χ1) is 8.64. The number of aromatic nitrogens is 2. The van der Waals surface area contributed by atoms with Gasteiger partial charge >= 0.3 is 0 Å². The van der Waals surface area contributed by atoms with Crippen molar-refractivity contribution in [2.24, 2.45) is 11.1 Å². The average Bonchev–Trinajstić information content (AvgIpc) is 2.79. The predicted octanol–water partition coefficient (Wildman–Crippen LogP) is 2.76. The Balaban J connectivity index is 2.36. The normalized spacial score (nSPS) is 18.8. The Bertz CT molecular complexity index is 435. The van der Waals surface area contributed by atoms with Gasteiger partial charge in [-0.2, -0.15) is 5.10 Å². The van der Waals surface area contributed by atoms with Crippen LogP contribution in [0.15, 0.2) is 10.7 Å². The summed E-state index contributed by atoms with van der Waals surface area (Å²) in [5.41, 5.74) is 6.24. The number of rotatable bonds is 4. The van der Waals surface area contributed by atoms with Crippen LogP contribution in [-0.2, 0) is 6.54 Å². The lowest BCUT2D eigenvalue weighted by Gasteiger charge is -2.34. The fourth-order valence-electron chi connectivity index (χ4n) is 2.83. The molecule has 100 valence electrons. The van der Waals surface area contributed by atoms with Gasteiger partial charge in [0.25, 0.3) is 0 Å². The molecular formula is C13H20BrN3O. The fraction of sp³-hybridized carbons (Fsp3) is 0.692. The molecule has 0 amide bonds. The predicted molar refractivity (Wildman–Crippen MR) is 74.5 cm³/mol. The van der Waals surface area contributed by atoms with E-state index in [1.807, 2.05) is 6.92 Å². The van der Waals surface area contributed by atoms with Crippen molar-refractivity contribution in [3.8, 4) is 0 Å². The van der Waals surface area contributed by atoms with Gasteiger partial charge in [0.1, 0.15) is 5.69 Å². The van der Waals surface area contributed by atoms with E-state index in [2.05, 4.69) is 21.0 Å². The summed E-state index contributed by atoms with van der Waals surface area (Å²) >= 11 is 3.43. The number of nitrogens with two attached hydrogens (primary N) is 1. The van der Waals surface area contributed by atoms with E-state index in [-0.39, 0.29) is 11.2 Å². The molecule has 0 unspecified atom stereocenters. The molecule has 1 aromatic rings. The van der Waals surface area contributed by atoms with Crippen LogP contribution in [0.4, 0.5) is 0 Å². The number of aryl methyl sites for hydroxylation is 1. The van der Waals surface area contributed by atoms with Crippen LogP contribution in [0.1, 0.15) is 49.5 Å². The van der Waals surface area contributed by atoms with E-state index in [0.29, 0.717) is 18.8 Å². The van der Waals surface area contributed by atoms with Crippen molar-refractivity contribution in [1.29, 1.82) is 0 Å². The number of Topliss-reactive ketones (excluding diaryl/α,β-unsaturated/α-hetero) is 1. The van der Waals surface area contributed by atoms with Crippen LogP contribution in [0.3, 0.4) is 0 Å². The first-order valence-corrected chi connectivity index (χ1v) is 7.40. The maximum Gasteiger partial charge on any atom is 0.189 e. The number of nitrogens with zero attached hydrogens (tertiary/aromatic N) is 2. The average molecular weight is 314 g/mol. The third kappa shape index (κ3) is 2.26. The second kappa shape index (κ2) is 5.53. The van der Waals surface area contributed by atoms with Gasteiger partial charge in [-0.25, -0.2) is 0 Å². The van der Waals surface area contributed by atoms with Gasteiger partial charge in [-0.15, -0.1) is 0 Å². The van der Waals surface area contributed by atoms with Crippen molar-refractivity contribution in [2.45, 2.75) is 45.6 Å². The van der Waals surface area contributed by atoms with Gasteiger partial charge in [-0.1, -0.05) is 19.3 Å². The van der Waals surface area contributed by atoms with E-state index < -0.39 is 0 Å². The topological polar surface area (TPSA) is 60.9 Å². The highest BCUT2D eigenvalue weighted by atomic mass is 79.9. The third-order valence-electron chi connectivity index (χ3n) is 3.99. The van der Waals surface area contributed by atoms with Gasteiger partial charge in [-0.3, -0.25) is 9.48 Å². The highest BCUT2D eigenvalue weighted by Gasteiger charge is 2.40. The van der Waals surface area contributed by atoms with Crippen molar-refractivity contribution in [1.82, 2.24) is 9.78 Å². The van der Waals surface area contributed by atoms with E-state index >= 15 is 0 Å². The van der Waals surface area contributed by atoms with E-state index in [9.17, 15) is 4.79 Å². The quantitative estimate of drug-likeness (QED) is 0.869. The molecule has 0 aromatic carbocycles. The minimum Gasteiger partial charge on any atom is -0.329 e. The lowest BCUT2D eigenvalue weighted by Crippen LogP contribution is -2.41. The summed E-state index contributed by atoms with van der Waals surface area (Å²) in [7, 11) is 0. The number of halogens is 1. The molecule has 0 aliphatic heterocycles. The van der Waals surface area contributed by atoms with Crippen molar-refractivity contribution in [3.05, 3.63) is 16.4 Å². The van der Waals surface area contributed by atoms with E-state index in [1.54, 1.807) is 10.9 Å².